The van der Waals surface area contributed by atoms with Crippen LogP contribution in [0, 0.1) is 0 Å². The van der Waals surface area contributed by atoms with Crippen LogP contribution in [0.15, 0.2) is 18.3 Å². The van der Waals surface area contributed by atoms with Crippen LogP contribution in [0.25, 0.3) is 0 Å². The average molecular weight is 396 g/mol. The van der Waals surface area contributed by atoms with Crippen molar-refractivity contribution in [3.8, 4) is 5.88 Å². The van der Waals surface area contributed by atoms with E-state index in [0.29, 0.717) is 18.4 Å². The van der Waals surface area contributed by atoms with Gasteiger partial charge in [-0.3, -0.25) is 4.79 Å². The van der Waals surface area contributed by atoms with Gasteiger partial charge in [-0.05, 0) is 50.6 Å². The lowest BCUT2D eigenvalue weighted by molar-refractivity contribution is -0.109. The van der Waals surface area contributed by atoms with E-state index in [9.17, 15) is 9.00 Å². The van der Waals surface area contributed by atoms with Crippen molar-refractivity contribution in [2.75, 3.05) is 26.0 Å². The molecule has 2 N–H and O–H groups in total. The highest BCUT2D eigenvalue weighted by Gasteiger charge is 2.30. The summed E-state index contributed by atoms with van der Waals surface area (Å²) in [5.74, 6) is 0.965. The van der Waals surface area contributed by atoms with Gasteiger partial charge in [0.15, 0.2) is 6.29 Å². The predicted octanol–water partition coefficient (Wildman–Crippen LogP) is 1.32. The molecule has 0 spiro atoms. The van der Waals surface area contributed by atoms with Gasteiger partial charge in [-0.15, -0.1) is 0 Å². The Morgan fingerprint density at radius 2 is 2.15 bits per heavy atom. The molecule has 3 atom stereocenters. The second kappa shape index (κ2) is 10.3. The minimum atomic E-state index is -1.00. The maximum atomic E-state index is 11.4. The SMILES string of the molecule is CS(=O)NC1CCNC1COC1CCC(c2cccnc2OCC=O)CC1. The lowest BCUT2D eigenvalue weighted by atomic mass is 9.83. The summed E-state index contributed by atoms with van der Waals surface area (Å²) >= 11 is 0. The Bertz CT molecular complexity index is 637. The van der Waals surface area contributed by atoms with Gasteiger partial charge in [-0.2, -0.15) is 0 Å². The highest BCUT2D eigenvalue weighted by molar-refractivity contribution is 7.82. The zero-order chi connectivity index (χ0) is 19.1. The molecule has 0 amide bonds. The predicted molar refractivity (Wildman–Crippen MR) is 104 cm³/mol. The summed E-state index contributed by atoms with van der Waals surface area (Å²) in [7, 11) is -1.00. The van der Waals surface area contributed by atoms with Crippen LogP contribution in [-0.4, -0.2) is 59.7 Å². The molecule has 1 saturated heterocycles. The van der Waals surface area contributed by atoms with E-state index >= 15 is 0 Å². The van der Waals surface area contributed by atoms with E-state index in [4.69, 9.17) is 9.47 Å². The van der Waals surface area contributed by atoms with E-state index in [1.165, 1.54) is 0 Å². The molecule has 8 heteroatoms. The van der Waals surface area contributed by atoms with Crippen molar-refractivity contribution in [1.82, 2.24) is 15.0 Å². The maximum Gasteiger partial charge on any atom is 0.217 e. The van der Waals surface area contributed by atoms with Crippen molar-refractivity contribution >= 4 is 17.3 Å². The molecule has 2 aliphatic rings. The standard InChI is InChI=1S/C19H29N3O4S/c1-27(24)22-17-8-10-20-18(17)13-26-15-6-4-14(5-7-15)16-3-2-9-21-19(16)25-12-11-23/h2-3,9,11,14-15,17-18,20,22H,4-8,10,12-13H2,1H3. The number of pyridine rings is 1. The number of rotatable bonds is 9. The van der Waals surface area contributed by atoms with Gasteiger partial charge in [0.25, 0.3) is 0 Å². The molecule has 1 saturated carbocycles. The maximum absolute atomic E-state index is 11.4. The summed E-state index contributed by atoms with van der Waals surface area (Å²) in [6.07, 6.45) is 9.38. The van der Waals surface area contributed by atoms with Gasteiger partial charge in [0, 0.05) is 30.1 Å². The Morgan fingerprint density at radius 3 is 2.89 bits per heavy atom. The normalized spacial score (nSPS) is 29.4. The number of hydrogen-bond acceptors (Lipinski definition) is 6. The van der Waals surface area contributed by atoms with E-state index in [1.807, 2.05) is 12.1 Å². The quantitative estimate of drug-likeness (QED) is 0.613. The van der Waals surface area contributed by atoms with Crippen molar-refractivity contribution in [2.45, 2.75) is 56.2 Å². The van der Waals surface area contributed by atoms with Gasteiger partial charge in [0.2, 0.25) is 5.88 Å². The fourth-order valence-electron chi connectivity index (χ4n) is 4.02. The van der Waals surface area contributed by atoms with Crippen molar-refractivity contribution < 1.29 is 18.5 Å². The monoisotopic (exact) mass is 395 g/mol. The molecule has 2 fully saturated rings. The summed E-state index contributed by atoms with van der Waals surface area (Å²) in [5, 5.41) is 3.44. The van der Waals surface area contributed by atoms with Gasteiger partial charge >= 0.3 is 0 Å². The topological polar surface area (TPSA) is 89.6 Å². The summed E-state index contributed by atoms with van der Waals surface area (Å²) in [6.45, 7) is 1.61. The summed E-state index contributed by atoms with van der Waals surface area (Å²) < 4.78 is 26.2. The number of nitrogens with one attached hydrogen (secondary N) is 2. The van der Waals surface area contributed by atoms with Crippen LogP contribution in [0.3, 0.4) is 0 Å². The third-order valence-corrected chi connectivity index (χ3v) is 6.01. The first kappa shape index (κ1) is 20.4. The van der Waals surface area contributed by atoms with Crippen LogP contribution >= 0.6 is 0 Å². The Balaban J connectivity index is 1.47. The summed E-state index contributed by atoms with van der Waals surface area (Å²) in [4.78, 5) is 14.9. The number of nitrogens with zero attached hydrogens (tertiary/aromatic N) is 1. The Morgan fingerprint density at radius 1 is 1.33 bits per heavy atom. The lowest BCUT2D eigenvalue weighted by Crippen LogP contribution is -2.44. The molecule has 27 heavy (non-hydrogen) atoms. The first-order valence-electron chi connectivity index (χ1n) is 9.63. The van der Waals surface area contributed by atoms with Gasteiger partial charge < -0.3 is 14.8 Å². The second-order valence-electron chi connectivity index (χ2n) is 7.21. The van der Waals surface area contributed by atoms with E-state index < -0.39 is 11.0 Å². The smallest absolute Gasteiger partial charge is 0.217 e. The lowest BCUT2D eigenvalue weighted by Gasteiger charge is -2.30. The van der Waals surface area contributed by atoms with Crippen LogP contribution < -0.4 is 14.8 Å². The van der Waals surface area contributed by atoms with Crippen LogP contribution in [0.5, 0.6) is 5.88 Å². The van der Waals surface area contributed by atoms with Gasteiger partial charge in [-0.25, -0.2) is 13.9 Å². The molecule has 1 aromatic rings. The largest absolute Gasteiger partial charge is 0.470 e. The highest BCUT2D eigenvalue weighted by Crippen LogP contribution is 2.37. The van der Waals surface area contributed by atoms with Crippen molar-refractivity contribution in [3.63, 3.8) is 0 Å². The van der Waals surface area contributed by atoms with Crippen molar-refractivity contribution in [2.24, 2.45) is 0 Å². The van der Waals surface area contributed by atoms with E-state index in [-0.39, 0.29) is 24.8 Å². The van der Waals surface area contributed by atoms with Gasteiger partial charge in [0.1, 0.15) is 6.61 Å². The van der Waals surface area contributed by atoms with Crippen LogP contribution in [0.2, 0.25) is 0 Å². The molecular weight excluding hydrogens is 366 g/mol. The minimum absolute atomic E-state index is 0.0363. The fraction of sp³-hybridized carbons (Fsp3) is 0.684. The summed E-state index contributed by atoms with van der Waals surface area (Å²) in [5.41, 5.74) is 1.09. The molecule has 1 aromatic heterocycles. The summed E-state index contributed by atoms with van der Waals surface area (Å²) in [6, 6.07) is 4.39. The molecule has 0 radical (unpaired) electrons. The number of aldehydes is 1. The van der Waals surface area contributed by atoms with Crippen LogP contribution in [0.1, 0.15) is 43.6 Å². The zero-order valence-electron chi connectivity index (χ0n) is 15.8. The van der Waals surface area contributed by atoms with Crippen LogP contribution in [0.4, 0.5) is 0 Å². The zero-order valence-corrected chi connectivity index (χ0v) is 16.6. The van der Waals surface area contributed by atoms with Gasteiger partial charge in [-0.1, -0.05) is 6.07 Å². The molecule has 0 aromatic carbocycles. The third kappa shape index (κ3) is 5.81. The Kier molecular flexibility index (Phi) is 7.75. The molecule has 150 valence electrons. The van der Waals surface area contributed by atoms with E-state index in [2.05, 4.69) is 15.0 Å². The minimum Gasteiger partial charge on any atom is -0.470 e. The number of aromatic nitrogens is 1. The molecular formula is C19H29N3O4S. The number of carbonyl (C=O) groups is 1. The molecule has 3 unspecified atom stereocenters. The average Bonchev–Trinajstić information content (AvgIpc) is 3.11. The molecule has 1 aliphatic carbocycles. The number of hydrogen-bond donors (Lipinski definition) is 2. The first-order chi connectivity index (χ1) is 13.2. The van der Waals surface area contributed by atoms with Crippen molar-refractivity contribution in [3.05, 3.63) is 23.9 Å². The second-order valence-corrected chi connectivity index (χ2v) is 8.35. The van der Waals surface area contributed by atoms with Gasteiger partial charge in [0.05, 0.1) is 23.7 Å². The van der Waals surface area contributed by atoms with E-state index in [0.717, 1.165) is 50.5 Å². The first-order valence-corrected chi connectivity index (χ1v) is 11.2. The number of carbonyl (C=O) groups excluding carboxylic acids is 1. The molecule has 0 bridgehead atoms. The Hall–Kier alpha value is -1.35. The highest BCUT2D eigenvalue weighted by atomic mass is 32.2. The Labute approximate surface area is 163 Å². The van der Waals surface area contributed by atoms with Crippen molar-refractivity contribution in [1.29, 1.82) is 0 Å². The van der Waals surface area contributed by atoms with Crippen LogP contribution in [-0.2, 0) is 20.5 Å². The number of ether oxygens (including phenoxy) is 2. The molecule has 3 rings (SSSR count). The fourth-order valence-corrected chi connectivity index (χ4v) is 4.73. The van der Waals surface area contributed by atoms with E-state index in [1.54, 1.807) is 12.5 Å². The molecule has 2 heterocycles. The molecule has 1 aliphatic heterocycles. The third-order valence-electron chi connectivity index (χ3n) is 5.38. The molecule has 7 nitrogen and oxygen atoms in total.